The molecule has 0 aromatic carbocycles. The van der Waals surface area contributed by atoms with Crippen LogP contribution in [-0.4, -0.2) is 44.3 Å². The first-order chi connectivity index (χ1) is 7.11. The molecule has 1 aliphatic rings. The van der Waals surface area contributed by atoms with Crippen molar-refractivity contribution >= 4 is 0 Å². The van der Waals surface area contributed by atoms with Gasteiger partial charge < -0.3 is 15.4 Å². The number of nitrogens with two attached hydrogens (primary N) is 1. The highest BCUT2D eigenvalue weighted by atomic mass is 16.5. The summed E-state index contributed by atoms with van der Waals surface area (Å²) in [4.78, 5) is 2.36. The molecule has 1 aliphatic heterocycles. The van der Waals surface area contributed by atoms with Crippen LogP contribution >= 0.6 is 0 Å². The van der Waals surface area contributed by atoms with Crippen LogP contribution < -0.4 is 5.73 Å². The third kappa shape index (κ3) is 4.49. The zero-order valence-corrected chi connectivity index (χ0v) is 10.4. The van der Waals surface area contributed by atoms with Crippen LogP contribution in [0.2, 0.25) is 0 Å². The van der Waals surface area contributed by atoms with E-state index < -0.39 is 0 Å². The molecule has 1 heterocycles. The molecular weight excluding hydrogens is 188 g/mol. The van der Waals surface area contributed by atoms with E-state index in [1.54, 1.807) is 0 Å². The van der Waals surface area contributed by atoms with Gasteiger partial charge in [0.05, 0.1) is 0 Å². The zero-order chi connectivity index (χ0) is 11.3. The van der Waals surface area contributed by atoms with Crippen molar-refractivity contribution in [3.05, 3.63) is 0 Å². The van der Waals surface area contributed by atoms with Crippen LogP contribution in [0.5, 0.6) is 0 Å². The number of hydrogen-bond donors (Lipinski definition) is 1. The molecule has 2 unspecified atom stereocenters. The number of nitrogens with zero attached hydrogens (tertiary/aromatic N) is 1. The molecule has 0 aliphatic carbocycles. The lowest BCUT2D eigenvalue weighted by Gasteiger charge is -2.35. The first kappa shape index (κ1) is 12.9. The molecule has 1 saturated heterocycles. The second-order valence-electron chi connectivity index (χ2n) is 5.04. The molecular formula is C12H26N2O. The molecule has 0 spiro atoms. The highest BCUT2D eigenvalue weighted by Gasteiger charge is 2.25. The molecule has 0 saturated carbocycles. The van der Waals surface area contributed by atoms with Gasteiger partial charge in [-0.2, -0.15) is 0 Å². The second kappa shape index (κ2) is 6.46. The fourth-order valence-electron chi connectivity index (χ4n) is 2.45. The standard InChI is InChI=1S/C12H26N2O/c1-10(13)4-5-12(14(2)3)11-6-8-15-9-7-11/h10-12H,4-9,13H2,1-3H3. The van der Waals surface area contributed by atoms with Crippen LogP contribution in [0.15, 0.2) is 0 Å². The maximum absolute atomic E-state index is 5.83. The topological polar surface area (TPSA) is 38.5 Å². The third-order valence-electron chi connectivity index (χ3n) is 3.39. The van der Waals surface area contributed by atoms with Crippen LogP contribution in [0.4, 0.5) is 0 Å². The third-order valence-corrected chi connectivity index (χ3v) is 3.39. The lowest BCUT2D eigenvalue weighted by Crippen LogP contribution is -2.39. The fourth-order valence-corrected chi connectivity index (χ4v) is 2.45. The summed E-state index contributed by atoms with van der Waals surface area (Å²) < 4.78 is 5.41. The Balaban J connectivity index is 2.41. The summed E-state index contributed by atoms with van der Waals surface area (Å²) in [5.41, 5.74) is 5.83. The van der Waals surface area contributed by atoms with Gasteiger partial charge in [-0.3, -0.25) is 0 Å². The molecule has 0 aromatic rings. The summed E-state index contributed by atoms with van der Waals surface area (Å²) in [6, 6.07) is 1.01. The molecule has 3 heteroatoms. The molecule has 90 valence electrons. The molecule has 1 fully saturated rings. The molecule has 0 bridgehead atoms. The quantitative estimate of drug-likeness (QED) is 0.753. The predicted molar refractivity (Wildman–Crippen MR) is 63.9 cm³/mol. The van der Waals surface area contributed by atoms with Crippen molar-refractivity contribution in [3.63, 3.8) is 0 Å². The van der Waals surface area contributed by atoms with Gasteiger partial charge in [0.2, 0.25) is 0 Å². The molecule has 1 rings (SSSR count). The van der Waals surface area contributed by atoms with Crippen molar-refractivity contribution in [1.82, 2.24) is 4.90 Å². The van der Waals surface area contributed by atoms with Gasteiger partial charge >= 0.3 is 0 Å². The maximum atomic E-state index is 5.83. The van der Waals surface area contributed by atoms with Crippen LogP contribution in [0.1, 0.15) is 32.6 Å². The van der Waals surface area contributed by atoms with Crippen molar-refractivity contribution in [2.45, 2.75) is 44.7 Å². The van der Waals surface area contributed by atoms with E-state index in [9.17, 15) is 0 Å². The summed E-state index contributed by atoms with van der Waals surface area (Å²) in [7, 11) is 4.36. The maximum Gasteiger partial charge on any atom is 0.0469 e. The Morgan fingerprint density at radius 2 is 1.87 bits per heavy atom. The van der Waals surface area contributed by atoms with Gasteiger partial charge in [0, 0.05) is 25.3 Å². The van der Waals surface area contributed by atoms with Crippen LogP contribution in [0.3, 0.4) is 0 Å². The molecule has 3 nitrogen and oxygen atoms in total. The number of hydrogen-bond acceptors (Lipinski definition) is 3. The van der Waals surface area contributed by atoms with E-state index in [1.165, 1.54) is 19.3 Å². The van der Waals surface area contributed by atoms with Crippen LogP contribution in [-0.2, 0) is 4.74 Å². The minimum absolute atomic E-state index is 0.326. The molecule has 2 atom stereocenters. The molecule has 0 aromatic heterocycles. The van der Waals surface area contributed by atoms with Crippen LogP contribution in [0, 0.1) is 5.92 Å². The summed E-state index contributed by atoms with van der Waals surface area (Å²) in [5, 5.41) is 0. The van der Waals surface area contributed by atoms with E-state index in [4.69, 9.17) is 10.5 Å². The van der Waals surface area contributed by atoms with Crippen molar-refractivity contribution in [2.75, 3.05) is 27.3 Å². The lowest BCUT2D eigenvalue weighted by molar-refractivity contribution is 0.0340. The monoisotopic (exact) mass is 214 g/mol. The summed E-state index contributed by atoms with van der Waals surface area (Å²) in [6.45, 7) is 3.97. The van der Waals surface area contributed by atoms with E-state index in [1.807, 2.05) is 0 Å². The van der Waals surface area contributed by atoms with Crippen molar-refractivity contribution in [3.8, 4) is 0 Å². The molecule has 2 N–H and O–H groups in total. The van der Waals surface area contributed by atoms with Crippen molar-refractivity contribution < 1.29 is 4.74 Å². The zero-order valence-electron chi connectivity index (χ0n) is 10.4. The van der Waals surface area contributed by atoms with Gasteiger partial charge in [0.25, 0.3) is 0 Å². The minimum atomic E-state index is 0.326. The Kier molecular flexibility index (Phi) is 5.58. The van der Waals surface area contributed by atoms with Gasteiger partial charge in [-0.05, 0) is 52.6 Å². The van der Waals surface area contributed by atoms with Crippen LogP contribution in [0.25, 0.3) is 0 Å². The van der Waals surface area contributed by atoms with Crippen molar-refractivity contribution in [1.29, 1.82) is 0 Å². The lowest BCUT2D eigenvalue weighted by atomic mass is 9.87. The van der Waals surface area contributed by atoms with E-state index in [2.05, 4.69) is 25.9 Å². The van der Waals surface area contributed by atoms with E-state index in [0.717, 1.165) is 25.6 Å². The average molecular weight is 214 g/mol. The highest BCUT2D eigenvalue weighted by Crippen LogP contribution is 2.24. The smallest absolute Gasteiger partial charge is 0.0469 e. The van der Waals surface area contributed by atoms with Crippen molar-refractivity contribution in [2.24, 2.45) is 11.7 Å². The van der Waals surface area contributed by atoms with E-state index in [0.29, 0.717) is 12.1 Å². The van der Waals surface area contributed by atoms with E-state index in [-0.39, 0.29) is 0 Å². The summed E-state index contributed by atoms with van der Waals surface area (Å²) in [6.07, 6.45) is 4.76. The predicted octanol–water partition coefficient (Wildman–Crippen LogP) is 1.47. The normalized spacial score (nSPS) is 23.0. The van der Waals surface area contributed by atoms with Gasteiger partial charge in [0.15, 0.2) is 0 Å². The Morgan fingerprint density at radius 1 is 1.27 bits per heavy atom. The minimum Gasteiger partial charge on any atom is -0.381 e. The SMILES string of the molecule is CC(N)CCC(C1CCOCC1)N(C)C. The summed E-state index contributed by atoms with van der Waals surface area (Å²) >= 11 is 0. The number of ether oxygens (including phenoxy) is 1. The molecule has 0 radical (unpaired) electrons. The Hall–Kier alpha value is -0.120. The largest absolute Gasteiger partial charge is 0.381 e. The second-order valence-corrected chi connectivity index (χ2v) is 5.04. The Bertz CT molecular complexity index is 165. The van der Waals surface area contributed by atoms with Gasteiger partial charge in [-0.1, -0.05) is 0 Å². The highest BCUT2D eigenvalue weighted by molar-refractivity contribution is 4.79. The fraction of sp³-hybridized carbons (Fsp3) is 1.00. The Labute approximate surface area is 94.0 Å². The van der Waals surface area contributed by atoms with Gasteiger partial charge in [-0.15, -0.1) is 0 Å². The Morgan fingerprint density at radius 3 is 2.33 bits per heavy atom. The molecule has 15 heavy (non-hydrogen) atoms. The average Bonchev–Trinajstić information content (AvgIpc) is 2.18. The first-order valence-corrected chi connectivity index (χ1v) is 6.11. The van der Waals surface area contributed by atoms with Gasteiger partial charge in [0.1, 0.15) is 0 Å². The number of rotatable bonds is 5. The summed E-state index contributed by atoms with van der Waals surface area (Å²) in [5.74, 6) is 0.799. The molecule has 0 amide bonds. The van der Waals surface area contributed by atoms with E-state index >= 15 is 0 Å². The first-order valence-electron chi connectivity index (χ1n) is 6.11. The van der Waals surface area contributed by atoms with Gasteiger partial charge in [-0.25, -0.2) is 0 Å².